The molecule has 0 spiro atoms. The number of nitrogens with one attached hydrogen (secondary N) is 1. The Hall–Kier alpha value is -1.23. The van der Waals surface area contributed by atoms with Crippen molar-refractivity contribution in [1.82, 2.24) is 5.32 Å². The second kappa shape index (κ2) is 8.27. The van der Waals surface area contributed by atoms with Gasteiger partial charge in [-0.1, -0.05) is 39.8 Å². The quantitative estimate of drug-likeness (QED) is 0.781. The number of benzene rings is 1. The number of rotatable bonds is 7. The molecule has 0 aliphatic heterocycles. The second-order valence-electron chi connectivity index (χ2n) is 5.70. The second-order valence-corrected chi connectivity index (χ2v) is 7.62. The van der Waals surface area contributed by atoms with Crippen LogP contribution in [-0.2, 0) is 4.79 Å². The maximum absolute atomic E-state index is 13.5. The van der Waals surface area contributed by atoms with Crippen molar-refractivity contribution in [2.24, 2.45) is 0 Å². The van der Waals surface area contributed by atoms with E-state index in [1.165, 1.54) is 12.1 Å². The maximum atomic E-state index is 13.5. The van der Waals surface area contributed by atoms with Gasteiger partial charge >= 0.3 is 0 Å². The first-order valence-corrected chi connectivity index (χ1v) is 8.15. The van der Waals surface area contributed by atoms with Gasteiger partial charge in [0.2, 0.25) is 0 Å². The molecule has 0 bridgehead atoms. The van der Waals surface area contributed by atoms with Gasteiger partial charge in [-0.3, -0.25) is 4.79 Å². The number of amides is 1. The fourth-order valence-corrected chi connectivity index (χ4v) is 2.48. The number of para-hydroxylation sites is 1. The van der Waals surface area contributed by atoms with Crippen LogP contribution in [0.2, 0.25) is 0 Å². The van der Waals surface area contributed by atoms with Crippen LogP contribution in [0, 0.1) is 5.82 Å². The van der Waals surface area contributed by atoms with E-state index in [-0.39, 0.29) is 16.4 Å². The van der Waals surface area contributed by atoms with Gasteiger partial charge in [0.1, 0.15) is 0 Å². The maximum Gasteiger partial charge on any atom is 0.261 e. The van der Waals surface area contributed by atoms with Gasteiger partial charge in [-0.25, -0.2) is 4.39 Å². The van der Waals surface area contributed by atoms with Gasteiger partial charge in [-0.15, -0.1) is 0 Å². The number of hydrogen-bond donors (Lipinski definition) is 1. The highest BCUT2D eigenvalue weighted by molar-refractivity contribution is 8.00. The smallest absolute Gasteiger partial charge is 0.261 e. The molecule has 1 amide bonds. The number of thioether (sulfide) groups is 1. The van der Waals surface area contributed by atoms with Crippen molar-refractivity contribution in [3.05, 3.63) is 30.1 Å². The molecular formula is C16H24FNO2S. The van der Waals surface area contributed by atoms with E-state index in [0.29, 0.717) is 13.0 Å². The summed E-state index contributed by atoms with van der Waals surface area (Å²) in [7, 11) is 0. The molecule has 1 aromatic rings. The van der Waals surface area contributed by atoms with E-state index in [2.05, 4.69) is 26.1 Å². The fraction of sp³-hybridized carbons (Fsp3) is 0.562. The van der Waals surface area contributed by atoms with Crippen LogP contribution in [-0.4, -0.2) is 29.1 Å². The van der Waals surface area contributed by atoms with Crippen LogP contribution in [0.25, 0.3) is 0 Å². The zero-order valence-corrected chi connectivity index (χ0v) is 13.9. The molecule has 0 radical (unpaired) electrons. The zero-order valence-electron chi connectivity index (χ0n) is 13.1. The Morgan fingerprint density at radius 3 is 2.62 bits per heavy atom. The fourth-order valence-electron chi connectivity index (χ4n) is 1.66. The minimum atomic E-state index is -0.665. The molecule has 5 heteroatoms. The Morgan fingerprint density at radius 2 is 2.05 bits per heavy atom. The van der Waals surface area contributed by atoms with Crippen LogP contribution in [0.1, 0.15) is 34.1 Å². The van der Waals surface area contributed by atoms with E-state index in [1.54, 1.807) is 23.9 Å². The molecule has 3 nitrogen and oxygen atoms in total. The van der Waals surface area contributed by atoms with Crippen molar-refractivity contribution < 1.29 is 13.9 Å². The van der Waals surface area contributed by atoms with Gasteiger partial charge in [0.25, 0.3) is 5.91 Å². The van der Waals surface area contributed by atoms with Gasteiger partial charge in [-0.2, -0.15) is 11.8 Å². The first-order valence-electron chi connectivity index (χ1n) is 7.16. The molecule has 0 aromatic heterocycles. The Balaban J connectivity index is 2.45. The zero-order chi connectivity index (χ0) is 15.9. The lowest BCUT2D eigenvalue weighted by Crippen LogP contribution is -2.39. The summed E-state index contributed by atoms with van der Waals surface area (Å²) in [4.78, 5) is 12.0. The van der Waals surface area contributed by atoms with Crippen molar-refractivity contribution in [1.29, 1.82) is 0 Å². The minimum Gasteiger partial charge on any atom is -0.478 e. The lowest BCUT2D eigenvalue weighted by atomic mass is 10.2. The SMILES string of the molecule is CCC(Oc1ccccc1F)C(=O)NCCSC(C)(C)C. The van der Waals surface area contributed by atoms with E-state index in [1.807, 2.05) is 6.92 Å². The topological polar surface area (TPSA) is 38.3 Å². The summed E-state index contributed by atoms with van der Waals surface area (Å²) in [5.74, 6) is 0.302. The summed E-state index contributed by atoms with van der Waals surface area (Å²) in [6.07, 6.45) is -0.173. The molecule has 1 rings (SSSR count). The standard InChI is InChI=1S/C16H24FNO2S/c1-5-13(20-14-9-7-6-8-12(14)17)15(19)18-10-11-21-16(2,3)4/h6-9,13H,5,10-11H2,1-4H3,(H,18,19). The lowest BCUT2D eigenvalue weighted by molar-refractivity contribution is -0.128. The van der Waals surface area contributed by atoms with Gasteiger partial charge in [-0.05, 0) is 18.6 Å². The van der Waals surface area contributed by atoms with Crippen LogP contribution in [0.4, 0.5) is 4.39 Å². The van der Waals surface area contributed by atoms with Crippen LogP contribution in [0.3, 0.4) is 0 Å². The summed E-state index contributed by atoms with van der Waals surface area (Å²) in [5, 5.41) is 2.84. The van der Waals surface area contributed by atoms with Crippen LogP contribution < -0.4 is 10.1 Å². The van der Waals surface area contributed by atoms with E-state index in [9.17, 15) is 9.18 Å². The first-order chi connectivity index (χ1) is 9.83. The summed E-state index contributed by atoms with van der Waals surface area (Å²) in [6.45, 7) is 8.83. The summed E-state index contributed by atoms with van der Waals surface area (Å²) in [6, 6.07) is 6.12. The number of hydrogen-bond acceptors (Lipinski definition) is 3. The Morgan fingerprint density at radius 1 is 1.38 bits per heavy atom. The Bertz CT molecular complexity index is 460. The highest BCUT2D eigenvalue weighted by Gasteiger charge is 2.19. The summed E-state index contributed by atoms with van der Waals surface area (Å²) < 4.78 is 19.2. The van der Waals surface area contributed by atoms with Gasteiger partial charge in [0.05, 0.1) is 0 Å². The van der Waals surface area contributed by atoms with E-state index in [4.69, 9.17) is 4.74 Å². The normalized spacial score (nSPS) is 12.8. The van der Waals surface area contributed by atoms with E-state index >= 15 is 0 Å². The van der Waals surface area contributed by atoms with Crippen LogP contribution in [0.15, 0.2) is 24.3 Å². The molecular weight excluding hydrogens is 289 g/mol. The largest absolute Gasteiger partial charge is 0.478 e. The average molecular weight is 313 g/mol. The van der Waals surface area contributed by atoms with Crippen molar-refractivity contribution in [2.75, 3.05) is 12.3 Å². The summed E-state index contributed by atoms with van der Waals surface area (Å²) >= 11 is 1.79. The average Bonchev–Trinajstić information content (AvgIpc) is 2.41. The molecule has 1 unspecified atom stereocenters. The molecule has 1 aromatic carbocycles. The molecule has 0 saturated heterocycles. The predicted octanol–water partition coefficient (Wildman–Crippen LogP) is 3.63. The van der Waals surface area contributed by atoms with Crippen molar-refractivity contribution in [3.63, 3.8) is 0 Å². The molecule has 1 atom stereocenters. The number of halogens is 1. The molecule has 0 aliphatic carbocycles. The van der Waals surface area contributed by atoms with E-state index in [0.717, 1.165) is 5.75 Å². The third kappa shape index (κ3) is 6.85. The van der Waals surface area contributed by atoms with Crippen molar-refractivity contribution >= 4 is 17.7 Å². The van der Waals surface area contributed by atoms with Crippen LogP contribution >= 0.6 is 11.8 Å². The van der Waals surface area contributed by atoms with Crippen molar-refractivity contribution in [2.45, 2.75) is 45.0 Å². The molecule has 1 N–H and O–H groups in total. The monoisotopic (exact) mass is 313 g/mol. The highest BCUT2D eigenvalue weighted by atomic mass is 32.2. The molecule has 0 fully saturated rings. The number of ether oxygens (including phenoxy) is 1. The minimum absolute atomic E-state index is 0.114. The number of carbonyl (C=O) groups is 1. The Labute approximate surface area is 130 Å². The molecule has 21 heavy (non-hydrogen) atoms. The Kier molecular flexibility index (Phi) is 7.02. The van der Waals surface area contributed by atoms with Gasteiger partial charge in [0.15, 0.2) is 17.7 Å². The molecule has 0 aliphatic rings. The molecule has 0 heterocycles. The van der Waals surface area contributed by atoms with E-state index < -0.39 is 11.9 Å². The predicted molar refractivity (Wildman–Crippen MR) is 86.3 cm³/mol. The summed E-state index contributed by atoms with van der Waals surface area (Å²) in [5.41, 5.74) is 0. The third-order valence-electron chi connectivity index (χ3n) is 2.71. The van der Waals surface area contributed by atoms with Gasteiger partial charge in [0, 0.05) is 17.0 Å². The molecule has 0 saturated carbocycles. The van der Waals surface area contributed by atoms with Crippen molar-refractivity contribution in [3.8, 4) is 5.75 Å². The number of carbonyl (C=O) groups excluding carboxylic acids is 1. The highest BCUT2D eigenvalue weighted by Crippen LogP contribution is 2.22. The third-order valence-corrected chi connectivity index (χ3v) is 3.98. The van der Waals surface area contributed by atoms with Gasteiger partial charge < -0.3 is 10.1 Å². The lowest BCUT2D eigenvalue weighted by Gasteiger charge is -2.19. The van der Waals surface area contributed by atoms with Crippen LogP contribution in [0.5, 0.6) is 5.75 Å². The first kappa shape index (κ1) is 17.8. The molecule has 118 valence electrons.